The molecule has 1 amide bonds. The molecule has 0 spiro atoms. The summed E-state index contributed by atoms with van der Waals surface area (Å²) < 4.78 is 7.26. The summed E-state index contributed by atoms with van der Waals surface area (Å²) in [5, 5.41) is 12.7. The van der Waals surface area contributed by atoms with E-state index in [1.54, 1.807) is 37.7 Å². The Morgan fingerprint density at radius 2 is 1.93 bits per heavy atom. The molecule has 0 saturated carbocycles. The lowest BCUT2D eigenvalue weighted by Gasteiger charge is -2.10. The third kappa shape index (κ3) is 3.11. The molecule has 0 aliphatic heterocycles. The van der Waals surface area contributed by atoms with Gasteiger partial charge < -0.3 is 19.7 Å². The fourth-order valence-electron chi connectivity index (χ4n) is 3.02. The zero-order valence-electron chi connectivity index (χ0n) is 15.0. The quantitative estimate of drug-likeness (QED) is 0.503. The van der Waals surface area contributed by atoms with Crippen molar-refractivity contribution < 1.29 is 14.6 Å². The number of aromatic nitrogens is 4. The average Bonchev–Trinajstić information content (AvgIpc) is 3.12. The zero-order chi connectivity index (χ0) is 19.5. The largest absolute Gasteiger partial charge is 0.507 e. The van der Waals surface area contributed by atoms with Gasteiger partial charge in [0.25, 0.3) is 0 Å². The maximum atomic E-state index is 11.0. The summed E-state index contributed by atoms with van der Waals surface area (Å²) >= 11 is 0. The van der Waals surface area contributed by atoms with Crippen molar-refractivity contribution >= 4 is 23.4 Å². The van der Waals surface area contributed by atoms with Gasteiger partial charge in [-0.25, -0.2) is 15.0 Å². The molecule has 0 fully saturated rings. The van der Waals surface area contributed by atoms with Crippen molar-refractivity contribution in [3.8, 4) is 22.9 Å². The van der Waals surface area contributed by atoms with Crippen LogP contribution in [0.1, 0.15) is 5.56 Å². The number of phenols is 1. The number of fused-ring (bicyclic) bond motifs is 1. The first-order valence-electron chi connectivity index (χ1n) is 8.54. The molecular formula is C20H17N5O3. The third-order valence-electron chi connectivity index (χ3n) is 4.34. The number of phenolic OH excluding ortho intramolecular Hbond substituents is 1. The van der Waals surface area contributed by atoms with Crippen LogP contribution in [0.4, 0.5) is 5.82 Å². The van der Waals surface area contributed by atoms with Gasteiger partial charge in [-0.15, -0.1) is 0 Å². The number of nitrogens with zero attached hydrogens (tertiary/aromatic N) is 4. The van der Waals surface area contributed by atoms with E-state index in [0.29, 0.717) is 29.7 Å². The van der Waals surface area contributed by atoms with E-state index in [1.165, 1.54) is 0 Å². The van der Waals surface area contributed by atoms with Crippen LogP contribution in [0.25, 0.3) is 22.6 Å². The Hall–Kier alpha value is -3.94. The van der Waals surface area contributed by atoms with Crippen LogP contribution >= 0.6 is 0 Å². The highest BCUT2D eigenvalue weighted by Crippen LogP contribution is 2.30. The molecular weight excluding hydrogens is 358 g/mol. The number of benzene rings is 2. The van der Waals surface area contributed by atoms with Crippen LogP contribution in [0.3, 0.4) is 0 Å². The zero-order valence-corrected chi connectivity index (χ0v) is 15.0. The number of amides is 1. The smallest absolute Gasteiger partial charge is 0.212 e. The van der Waals surface area contributed by atoms with Gasteiger partial charge in [0.2, 0.25) is 6.41 Å². The van der Waals surface area contributed by atoms with E-state index >= 15 is 0 Å². The SMILES string of the molecule is COc1ccccc1Cn1cnc2c(NC=O)nc(-c3ccccc3O)nc21. The van der Waals surface area contributed by atoms with Gasteiger partial charge in [0, 0.05) is 5.56 Å². The van der Waals surface area contributed by atoms with Crippen molar-refractivity contribution in [2.45, 2.75) is 6.54 Å². The number of carbonyl (C=O) groups is 1. The van der Waals surface area contributed by atoms with Crippen LogP contribution in [0, 0.1) is 0 Å². The molecule has 0 aliphatic carbocycles. The third-order valence-corrected chi connectivity index (χ3v) is 4.34. The van der Waals surface area contributed by atoms with Crippen molar-refractivity contribution in [1.82, 2.24) is 19.5 Å². The number of methoxy groups -OCH3 is 1. The number of hydrogen-bond donors (Lipinski definition) is 2. The Morgan fingerprint density at radius 3 is 2.71 bits per heavy atom. The normalized spacial score (nSPS) is 10.8. The van der Waals surface area contributed by atoms with Gasteiger partial charge in [-0.1, -0.05) is 30.3 Å². The predicted molar refractivity (Wildman–Crippen MR) is 104 cm³/mol. The number of imidazole rings is 1. The lowest BCUT2D eigenvalue weighted by Crippen LogP contribution is -2.05. The van der Waals surface area contributed by atoms with Gasteiger partial charge >= 0.3 is 0 Å². The van der Waals surface area contributed by atoms with E-state index in [9.17, 15) is 9.90 Å². The van der Waals surface area contributed by atoms with Crippen LogP contribution in [-0.4, -0.2) is 38.1 Å². The van der Waals surface area contributed by atoms with E-state index in [1.807, 2.05) is 28.8 Å². The fourth-order valence-corrected chi connectivity index (χ4v) is 3.02. The number of para-hydroxylation sites is 2. The topological polar surface area (TPSA) is 102 Å². The Kier molecular flexibility index (Phi) is 4.59. The van der Waals surface area contributed by atoms with Crippen LogP contribution < -0.4 is 10.1 Å². The first-order chi connectivity index (χ1) is 13.7. The van der Waals surface area contributed by atoms with E-state index in [4.69, 9.17) is 4.74 Å². The molecule has 0 saturated heterocycles. The molecule has 8 nitrogen and oxygen atoms in total. The first kappa shape index (κ1) is 17.5. The summed E-state index contributed by atoms with van der Waals surface area (Å²) in [5.41, 5.74) is 2.41. The number of carbonyl (C=O) groups excluding carboxylic acids is 1. The number of anilines is 1. The first-order valence-corrected chi connectivity index (χ1v) is 8.54. The molecule has 0 radical (unpaired) electrons. The van der Waals surface area contributed by atoms with Crippen molar-refractivity contribution in [3.05, 3.63) is 60.4 Å². The summed E-state index contributed by atoms with van der Waals surface area (Å²) in [5.74, 6) is 1.37. The lowest BCUT2D eigenvalue weighted by atomic mass is 10.2. The minimum absolute atomic E-state index is 0.0506. The molecule has 140 valence electrons. The number of aromatic hydroxyl groups is 1. The second kappa shape index (κ2) is 7.36. The minimum Gasteiger partial charge on any atom is -0.507 e. The Morgan fingerprint density at radius 1 is 1.14 bits per heavy atom. The van der Waals surface area contributed by atoms with Crippen molar-refractivity contribution in [2.24, 2.45) is 0 Å². The highest BCUT2D eigenvalue weighted by Gasteiger charge is 2.16. The molecule has 28 heavy (non-hydrogen) atoms. The van der Waals surface area contributed by atoms with E-state index in [2.05, 4.69) is 20.3 Å². The van der Waals surface area contributed by atoms with Crippen molar-refractivity contribution in [1.29, 1.82) is 0 Å². The standard InChI is InChI=1S/C20H17N5O3/c1-28-16-9-5-2-6-13(16)10-25-11-21-17-19(22-12-26)23-18(24-20(17)25)14-7-3-4-8-15(14)27/h2-9,11-12,27H,10H2,1H3,(H,22,23,24,26). The molecule has 2 aromatic heterocycles. The van der Waals surface area contributed by atoms with Crippen molar-refractivity contribution in [3.63, 3.8) is 0 Å². The lowest BCUT2D eigenvalue weighted by molar-refractivity contribution is -0.105. The van der Waals surface area contributed by atoms with Crippen LogP contribution in [0.5, 0.6) is 11.5 Å². The maximum absolute atomic E-state index is 11.0. The van der Waals surface area contributed by atoms with Crippen molar-refractivity contribution in [2.75, 3.05) is 12.4 Å². The van der Waals surface area contributed by atoms with Gasteiger partial charge in [0.1, 0.15) is 11.5 Å². The highest BCUT2D eigenvalue weighted by atomic mass is 16.5. The Bertz CT molecular complexity index is 1160. The van der Waals surface area contributed by atoms with Crippen LogP contribution in [0.15, 0.2) is 54.9 Å². The predicted octanol–water partition coefficient (Wildman–Crippen LogP) is 2.82. The Labute approximate surface area is 160 Å². The number of nitrogens with one attached hydrogen (secondary N) is 1. The second-order valence-corrected chi connectivity index (χ2v) is 6.03. The molecule has 4 aromatic rings. The molecule has 2 N–H and O–H groups in total. The molecule has 0 unspecified atom stereocenters. The summed E-state index contributed by atoms with van der Waals surface area (Å²) in [6.45, 7) is 0.471. The minimum atomic E-state index is 0.0506. The Balaban J connectivity index is 1.87. The highest BCUT2D eigenvalue weighted by molar-refractivity contribution is 5.90. The number of rotatable bonds is 6. The maximum Gasteiger partial charge on any atom is 0.212 e. The second-order valence-electron chi connectivity index (χ2n) is 6.03. The van der Waals surface area contributed by atoms with E-state index in [-0.39, 0.29) is 17.4 Å². The summed E-state index contributed by atoms with van der Waals surface area (Å²) in [4.78, 5) is 24.4. The van der Waals surface area contributed by atoms with Gasteiger partial charge in [0.05, 0.1) is 25.5 Å². The summed E-state index contributed by atoms with van der Waals surface area (Å²) in [6.07, 6.45) is 2.17. The summed E-state index contributed by atoms with van der Waals surface area (Å²) in [6, 6.07) is 14.4. The van der Waals surface area contributed by atoms with Gasteiger partial charge in [0.15, 0.2) is 22.8 Å². The van der Waals surface area contributed by atoms with Gasteiger partial charge in [-0.2, -0.15) is 0 Å². The summed E-state index contributed by atoms with van der Waals surface area (Å²) in [7, 11) is 1.62. The molecule has 4 rings (SSSR count). The number of ether oxygens (including phenoxy) is 1. The molecule has 2 aromatic carbocycles. The fraction of sp³-hybridized carbons (Fsp3) is 0.100. The molecule has 0 bridgehead atoms. The van der Waals surface area contributed by atoms with E-state index < -0.39 is 0 Å². The monoisotopic (exact) mass is 375 g/mol. The van der Waals surface area contributed by atoms with E-state index in [0.717, 1.165) is 11.3 Å². The van der Waals surface area contributed by atoms with Crippen LogP contribution in [-0.2, 0) is 11.3 Å². The average molecular weight is 375 g/mol. The van der Waals surface area contributed by atoms with Gasteiger partial charge in [-0.05, 0) is 18.2 Å². The molecule has 8 heteroatoms. The number of hydrogen-bond acceptors (Lipinski definition) is 6. The molecule has 2 heterocycles. The molecule has 0 aliphatic rings. The van der Waals surface area contributed by atoms with Gasteiger partial charge in [-0.3, -0.25) is 4.79 Å². The van der Waals surface area contributed by atoms with Crippen LogP contribution in [0.2, 0.25) is 0 Å². The molecule has 0 atom stereocenters.